The van der Waals surface area contributed by atoms with Crippen LogP contribution in [0.15, 0.2) is 60.8 Å². The molecule has 1 atom stereocenters. The first-order valence-corrected chi connectivity index (χ1v) is 12.4. The van der Waals surface area contributed by atoms with E-state index in [2.05, 4.69) is 10.3 Å². The summed E-state index contributed by atoms with van der Waals surface area (Å²) in [7, 11) is -3.05. The first kappa shape index (κ1) is 23.1. The van der Waals surface area contributed by atoms with Crippen LogP contribution in [0.3, 0.4) is 0 Å². The summed E-state index contributed by atoms with van der Waals surface area (Å²) in [5, 5.41) is 3.93. The maximum Gasteiger partial charge on any atom is 0.327 e. The third-order valence-corrected chi connectivity index (χ3v) is 6.09. The number of nitrogens with one attached hydrogen (secondary N) is 1. The van der Waals surface area contributed by atoms with Crippen molar-refractivity contribution in [2.24, 2.45) is 0 Å². The molecular formula is C24H29N2O4P. The third kappa shape index (κ3) is 6.73. The van der Waals surface area contributed by atoms with Gasteiger partial charge >= 0.3 is 7.60 Å². The van der Waals surface area contributed by atoms with Gasteiger partial charge in [-0.3, -0.25) is 14.3 Å². The van der Waals surface area contributed by atoms with Crippen molar-refractivity contribution in [3.05, 3.63) is 66.4 Å². The summed E-state index contributed by atoms with van der Waals surface area (Å²) in [6, 6.07) is 18.0. The molecule has 0 aliphatic rings. The molecule has 0 aliphatic heterocycles. The van der Waals surface area contributed by atoms with Crippen LogP contribution in [0.1, 0.15) is 25.8 Å². The molecule has 0 aliphatic carbocycles. The number of carbonyl (C=O) groups excluding carboxylic acids is 1. The molecule has 0 radical (unpaired) electrons. The van der Waals surface area contributed by atoms with Crippen LogP contribution in [0.5, 0.6) is 0 Å². The molecule has 164 valence electrons. The van der Waals surface area contributed by atoms with Crippen LogP contribution in [-0.2, 0) is 24.8 Å². The van der Waals surface area contributed by atoms with Gasteiger partial charge in [-0.05, 0) is 43.0 Å². The molecule has 0 spiro atoms. The van der Waals surface area contributed by atoms with Crippen molar-refractivity contribution in [3.63, 3.8) is 0 Å². The number of pyridine rings is 1. The number of para-hydroxylation sites is 1. The van der Waals surface area contributed by atoms with Gasteiger partial charge in [-0.25, -0.2) is 0 Å². The lowest BCUT2D eigenvalue weighted by Crippen LogP contribution is -2.27. The van der Waals surface area contributed by atoms with Crippen LogP contribution in [0.4, 0.5) is 0 Å². The SMILES string of the molecule is CC(C)OP(C)(=O)OCCCNC(=O)Cc1cnc2ccccc2c1-c1ccccc1. The average molecular weight is 440 g/mol. The van der Waals surface area contributed by atoms with E-state index < -0.39 is 7.60 Å². The Bertz CT molecular complexity index is 1070. The summed E-state index contributed by atoms with van der Waals surface area (Å²) >= 11 is 0. The van der Waals surface area contributed by atoms with Crippen LogP contribution in [0.2, 0.25) is 0 Å². The fourth-order valence-electron chi connectivity index (χ4n) is 3.44. The smallest absolute Gasteiger partial charge is 0.327 e. The van der Waals surface area contributed by atoms with Gasteiger partial charge in [0.15, 0.2) is 0 Å². The molecule has 0 bridgehead atoms. The molecular weight excluding hydrogens is 411 g/mol. The minimum Gasteiger partial charge on any atom is -0.356 e. The fourth-order valence-corrected chi connectivity index (χ4v) is 4.73. The summed E-state index contributed by atoms with van der Waals surface area (Å²) in [6.45, 7) is 5.77. The van der Waals surface area contributed by atoms with E-state index in [0.717, 1.165) is 27.6 Å². The zero-order chi connectivity index (χ0) is 22.3. The number of nitrogens with zero attached hydrogens (tertiary/aromatic N) is 1. The summed E-state index contributed by atoms with van der Waals surface area (Å²) in [5.41, 5.74) is 3.86. The number of fused-ring (bicyclic) bond motifs is 1. The van der Waals surface area contributed by atoms with Crippen LogP contribution >= 0.6 is 7.60 Å². The van der Waals surface area contributed by atoms with Crippen molar-refractivity contribution in [2.45, 2.75) is 32.8 Å². The lowest BCUT2D eigenvalue weighted by atomic mass is 9.95. The molecule has 0 saturated heterocycles. The van der Waals surface area contributed by atoms with E-state index in [9.17, 15) is 9.36 Å². The quantitative estimate of drug-likeness (QED) is 0.346. The third-order valence-electron chi connectivity index (χ3n) is 4.64. The Morgan fingerprint density at radius 2 is 1.81 bits per heavy atom. The van der Waals surface area contributed by atoms with Gasteiger partial charge in [0.25, 0.3) is 0 Å². The van der Waals surface area contributed by atoms with Crippen LogP contribution in [0, 0.1) is 0 Å². The summed E-state index contributed by atoms with van der Waals surface area (Å²) in [6.07, 6.45) is 2.40. The number of hydrogen-bond acceptors (Lipinski definition) is 5. The Balaban J connectivity index is 1.63. The molecule has 7 heteroatoms. The van der Waals surface area contributed by atoms with Crippen molar-refractivity contribution in [3.8, 4) is 11.1 Å². The van der Waals surface area contributed by atoms with E-state index in [1.54, 1.807) is 6.20 Å². The molecule has 3 aromatic rings. The second kappa shape index (κ2) is 10.7. The van der Waals surface area contributed by atoms with Gasteiger partial charge < -0.3 is 14.4 Å². The maximum atomic E-state index is 12.6. The first-order chi connectivity index (χ1) is 14.9. The van der Waals surface area contributed by atoms with E-state index in [0.29, 0.717) is 13.0 Å². The Labute approximate surface area is 183 Å². The Hall–Kier alpha value is -2.53. The van der Waals surface area contributed by atoms with Crippen LogP contribution in [0.25, 0.3) is 22.0 Å². The molecule has 1 heterocycles. The molecule has 3 rings (SSSR count). The number of benzene rings is 2. The molecule has 31 heavy (non-hydrogen) atoms. The first-order valence-electron chi connectivity index (χ1n) is 10.4. The molecule has 2 aromatic carbocycles. The van der Waals surface area contributed by atoms with E-state index in [-0.39, 0.29) is 25.0 Å². The van der Waals surface area contributed by atoms with Crippen LogP contribution in [-0.4, -0.2) is 36.8 Å². The van der Waals surface area contributed by atoms with Gasteiger partial charge in [0, 0.05) is 24.8 Å². The number of aromatic nitrogens is 1. The predicted octanol–water partition coefficient (Wildman–Crippen LogP) is 5.22. The highest BCUT2D eigenvalue weighted by atomic mass is 31.2. The van der Waals surface area contributed by atoms with E-state index in [4.69, 9.17) is 9.05 Å². The van der Waals surface area contributed by atoms with Crippen molar-refractivity contribution in [2.75, 3.05) is 19.8 Å². The average Bonchev–Trinajstić information content (AvgIpc) is 2.73. The lowest BCUT2D eigenvalue weighted by Gasteiger charge is -2.16. The number of hydrogen-bond donors (Lipinski definition) is 1. The Morgan fingerprint density at radius 1 is 1.10 bits per heavy atom. The molecule has 1 amide bonds. The predicted molar refractivity (Wildman–Crippen MR) is 124 cm³/mol. The standard InChI is InChI=1S/C24H29N2O4P/c1-18(2)30-31(3,28)29-15-9-14-25-23(27)16-20-17-26-22-13-8-7-12-21(22)24(20)19-10-5-4-6-11-19/h4-8,10-13,17-18H,9,14-16H2,1-3H3,(H,25,27). The second-order valence-electron chi connectivity index (χ2n) is 7.68. The van der Waals surface area contributed by atoms with Crippen molar-refractivity contribution in [1.82, 2.24) is 10.3 Å². The monoisotopic (exact) mass is 440 g/mol. The van der Waals surface area contributed by atoms with Crippen molar-refractivity contribution in [1.29, 1.82) is 0 Å². The summed E-state index contributed by atoms with van der Waals surface area (Å²) < 4.78 is 22.7. The highest BCUT2D eigenvalue weighted by Gasteiger charge is 2.18. The second-order valence-corrected chi connectivity index (χ2v) is 9.69. The molecule has 1 N–H and O–H groups in total. The molecule has 6 nitrogen and oxygen atoms in total. The van der Waals surface area contributed by atoms with Gasteiger partial charge in [-0.1, -0.05) is 48.5 Å². The molecule has 1 unspecified atom stereocenters. The highest BCUT2D eigenvalue weighted by Crippen LogP contribution is 2.45. The topological polar surface area (TPSA) is 77.5 Å². The van der Waals surface area contributed by atoms with Gasteiger partial charge in [0.2, 0.25) is 5.91 Å². The van der Waals surface area contributed by atoms with E-state index in [1.807, 2.05) is 68.4 Å². The van der Waals surface area contributed by atoms with Gasteiger partial charge in [-0.2, -0.15) is 0 Å². The van der Waals surface area contributed by atoms with Crippen molar-refractivity contribution < 1.29 is 18.4 Å². The largest absolute Gasteiger partial charge is 0.356 e. The minimum atomic E-state index is -3.05. The number of amides is 1. The Kier molecular flexibility index (Phi) is 7.97. The molecule has 0 saturated carbocycles. The zero-order valence-corrected chi connectivity index (χ0v) is 19.1. The number of rotatable bonds is 10. The highest BCUT2D eigenvalue weighted by molar-refractivity contribution is 7.53. The lowest BCUT2D eigenvalue weighted by molar-refractivity contribution is -0.120. The zero-order valence-electron chi connectivity index (χ0n) is 18.2. The summed E-state index contributed by atoms with van der Waals surface area (Å²) in [4.78, 5) is 17.1. The number of carbonyl (C=O) groups is 1. The van der Waals surface area contributed by atoms with Gasteiger partial charge in [0.1, 0.15) is 0 Å². The minimum absolute atomic E-state index is 0.0904. The molecule has 0 fully saturated rings. The van der Waals surface area contributed by atoms with Crippen molar-refractivity contribution >= 4 is 24.4 Å². The fraction of sp³-hybridized carbons (Fsp3) is 0.333. The van der Waals surface area contributed by atoms with Gasteiger partial charge in [-0.15, -0.1) is 0 Å². The normalized spacial score (nSPS) is 13.3. The van der Waals surface area contributed by atoms with E-state index >= 15 is 0 Å². The summed E-state index contributed by atoms with van der Waals surface area (Å²) in [5.74, 6) is -0.0904. The Morgan fingerprint density at radius 3 is 2.55 bits per heavy atom. The molecule has 1 aromatic heterocycles. The van der Waals surface area contributed by atoms with E-state index in [1.165, 1.54) is 6.66 Å². The maximum absolute atomic E-state index is 12.6. The van der Waals surface area contributed by atoms with Crippen LogP contribution < -0.4 is 5.32 Å². The van der Waals surface area contributed by atoms with Gasteiger partial charge in [0.05, 0.1) is 24.6 Å².